The SMILES string of the molecule is CC(C)(C)[C@@H](N)C(=O)N1CCN(c2cccc(Cl)c2)CC1. The van der Waals surface area contributed by atoms with Gasteiger partial charge in [-0.2, -0.15) is 0 Å². The number of carbonyl (C=O) groups excluding carboxylic acids is 1. The van der Waals surface area contributed by atoms with E-state index >= 15 is 0 Å². The van der Waals surface area contributed by atoms with Crippen molar-refractivity contribution >= 4 is 23.2 Å². The summed E-state index contributed by atoms with van der Waals surface area (Å²) in [6.45, 7) is 9.02. The third kappa shape index (κ3) is 3.89. The quantitative estimate of drug-likeness (QED) is 0.912. The number of rotatable bonds is 2. The number of nitrogens with two attached hydrogens (primary N) is 1. The molecule has 0 aromatic heterocycles. The van der Waals surface area contributed by atoms with Crippen molar-refractivity contribution in [3.05, 3.63) is 29.3 Å². The zero-order valence-electron chi connectivity index (χ0n) is 13.0. The third-order valence-electron chi connectivity index (χ3n) is 3.96. The number of anilines is 1. The zero-order chi connectivity index (χ0) is 15.6. The highest BCUT2D eigenvalue weighted by Crippen LogP contribution is 2.23. The van der Waals surface area contributed by atoms with E-state index in [0.717, 1.165) is 23.8 Å². The van der Waals surface area contributed by atoms with Crippen molar-refractivity contribution in [3.8, 4) is 0 Å². The van der Waals surface area contributed by atoms with Crippen LogP contribution in [0.1, 0.15) is 20.8 Å². The van der Waals surface area contributed by atoms with Gasteiger partial charge >= 0.3 is 0 Å². The molecular formula is C16H24ClN3O. The maximum Gasteiger partial charge on any atom is 0.240 e. The van der Waals surface area contributed by atoms with Crippen LogP contribution in [0.4, 0.5) is 5.69 Å². The fourth-order valence-electron chi connectivity index (χ4n) is 2.42. The second-order valence-corrected chi connectivity index (χ2v) is 7.07. The van der Waals surface area contributed by atoms with E-state index in [1.807, 2.05) is 49.9 Å². The lowest BCUT2D eigenvalue weighted by atomic mass is 9.86. The standard InChI is InChI=1S/C16H24ClN3O/c1-16(2,3)14(18)15(21)20-9-7-19(8-10-20)13-6-4-5-12(17)11-13/h4-6,11,14H,7-10,18H2,1-3H3/t14-/m0/s1. The Morgan fingerprint density at radius 2 is 1.86 bits per heavy atom. The number of carbonyl (C=O) groups is 1. The zero-order valence-corrected chi connectivity index (χ0v) is 13.7. The van der Waals surface area contributed by atoms with Crippen molar-refractivity contribution in [3.63, 3.8) is 0 Å². The molecule has 1 aliphatic heterocycles. The number of hydrogen-bond donors (Lipinski definition) is 1. The maximum absolute atomic E-state index is 12.4. The van der Waals surface area contributed by atoms with Gasteiger partial charge in [-0.3, -0.25) is 4.79 Å². The van der Waals surface area contributed by atoms with Crippen LogP contribution in [0.15, 0.2) is 24.3 Å². The van der Waals surface area contributed by atoms with E-state index in [1.165, 1.54) is 0 Å². The van der Waals surface area contributed by atoms with Crippen molar-refractivity contribution in [1.82, 2.24) is 4.90 Å². The summed E-state index contributed by atoms with van der Waals surface area (Å²) in [5, 5.41) is 0.737. The molecular weight excluding hydrogens is 286 g/mol. The summed E-state index contributed by atoms with van der Waals surface area (Å²) in [6, 6.07) is 7.37. The van der Waals surface area contributed by atoms with E-state index in [0.29, 0.717) is 13.1 Å². The van der Waals surface area contributed by atoms with Crippen LogP contribution >= 0.6 is 11.6 Å². The van der Waals surface area contributed by atoms with E-state index in [2.05, 4.69) is 4.90 Å². The first-order chi connectivity index (χ1) is 9.79. The topological polar surface area (TPSA) is 49.6 Å². The van der Waals surface area contributed by atoms with Crippen LogP contribution in [0.25, 0.3) is 0 Å². The summed E-state index contributed by atoms with van der Waals surface area (Å²) < 4.78 is 0. The van der Waals surface area contributed by atoms with Gasteiger partial charge in [0.25, 0.3) is 0 Å². The first-order valence-electron chi connectivity index (χ1n) is 7.34. The molecule has 5 heteroatoms. The van der Waals surface area contributed by atoms with Crippen LogP contribution in [0, 0.1) is 5.41 Å². The summed E-state index contributed by atoms with van der Waals surface area (Å²) in [4.78, 5) is 16.5. The Morgan fingerprint density at radius 3 is 2.38 bits per heavy atom. The second-order valence-electron chi connectivity index (χ2n) is 6.64. The number of benzene rings is 1. The molecule has 0 spiro atoms. The average molecular weight is 310 g/mol. The average Bonchev–Trinajstić information content (AvgIpc) is 2.45. The van der Waals surface area contributed by atoms with Crippen molar-refractivity contribution < 1.29 is 4.79 Å². The minimum absolute atomic E-state index is 0.0493. The summed E-state index contributed by atoms with van der Waals surface area (Å²) in [7, 11) is 0. The lowest BCUT2D eigenvalue weighted by Crippen LogP contribution is -2.56. The second kappa shape index (κ2) is 6.24. The van der Waals surface area contributed by atoms with Crippen LogP contribution in [0.3, 0.4) is 0 Å². The summed E-state index contributed by atoms with van der Waals surface area (Å²) in [5.74, 6) is 0.0493. The van der Waals surface area contributed by atoms with Gasteiger partial charge in [-0.25, -0.2) is 0 Å². The lowest BCUT2D eigenvalue weighted by Gasteiger charge is -2.39. The predicted octanol–water partition coefficient (Wildman–Crippen LogP) is 2.36. The largest absolute Gasteiger partial charge is 0.368 e. The smallest absolute Gasteiger partial charge is 0.240 e. The van der Waals surface area contributed by atoms with Gasteiger partial charge in [0.15, 0.2) is 0 Å². The summed E-state index contributed by atoms with van der Waals surface area (Å²) >= 11 is 6.03. The molecule has 1 heterocycles. The number of halogens is 1. The number of amides is 1. The van der Waals surface area contributed by atoms with Crippen LogP contribution in [-0.4, -0.2) is 43.0 Å². The molecule has 0 bridgehead atoms. The Labute approximate surface area is 131 Å². The van der Waals surface area contributed by atoms with Gasteiger partial charge in [0.2, 0.25) is 5.91 Å². The van der Waals surface area contributed by atoms with Gasteiger partial charge in [-0.05, 0) is 23.6 Å². The Morgan fingerprint density at radius 1 is 1.24 bits per heavy atom. The van der Waals surface area contributed by atoms with E-state index in [9.17, 15) is 4.79 Å². The molecule has 2 N–H and O–H groups in total. The number of hydrogen-bond acceptors (Lipinski definition) is 3. The van der Waals surface area contributed by atoms with E-state index in [4.69, 9.17) is 17.3 Å². The van der Waals surface area contributed by atoms with Gasteiger partial charge in [0.05, 0.1) is 6.04 Å². The number of nitrogens with zero attached hydrogens (tertiary/aromatic N) is 2. The minimum Gasteiger partial charge on any atom is -0.368 e. The Kier molecular flexibility index (Phi) is 4.79. The highest BCUT2D eigenvalue weighted by molar-refractivity contribution is 6.30. The highest BCUT2D eigenvalue weighted by Gasteiger charge is 2.32. The molecule has 0 unspecified atom stereocenters. The molecule has 1 atom stereocenters. The van der Waals surface area contributed by atoms with Crippen molar-refractivity contribution in [2.75, 3.05) is 31.1 Å². The van der Waals surface area contributed by atoms with Gasteiger partial charge < -0.3 is 15.5 Å². The van der Waals surface area contributed by atoms with E-state index in [1.54, 1.807) is 0 Å². The molecule has 0 saturated carbocycles. The molecule has 1 fully saturated rings. The lowest BCUT2D eigenvalue weighted by molar-refractivity contribution is -0.135. The predicted molar refractivity (Wildman–Crippen MR) is 87.7 cm³/mol. The first-order valence-corrected chi connectivity index (χ1v) is 7.72. The van der Waals surface area contributed by atoms with Gasteiger partial charge in [-0.15, -0.1) is 0 Å². The van der Waals surface area contributed by atoms with Crippen LogP contribution in [-0.2, 0) is 4.79 Å². The van der Waals surface area contributed by atoms with Crippen LogP contribution < -0.4 is 10.6 Å². The van der Waals surface area contributed by atoms with E-state index in [-0.39, 0.29) is 11.3 Å². The Bertz CT molecular complexity index is 504. The monoisotopic (exact) mass is 309 g/mol. The Balaban J connectivity index is 1.96. The van der Waals surface area contributed by atoms with Crippen molar-refractivity contribution in [2.45, 2.75) is 26.8 Å². The van der Waals surface area contributed by atoms with Crippen molar-refractivity contribution in [1.29, 1.82) is 0 Å². The number of piperazine rings is 1. The fourth-order valence-corrected chi connectivity index (χ4v) is 2.61. The molecule has 1 aromatic carbocycles. The van der Waals surface area contributed by atoms with Crippen molar-refractivity contribution in [2.24, 2.45) is 11.1 Å². The van der Waals surface area contributed by atoms with E-state index < -0.39 is 6.04 Å². The molecule has 21 heavy (non-hydrogen) atoms. The molecule has 1 aliphatic rings. The molecule has 116 valence electrons. The van der Waals surface area contributed by atoms with Crippen LogP contribution in [0.2, 0.25) is 5.02 Å². The molecule has 1 saturated heterocycles. The highest BCUT2D eigenvalue weighted by atomic mass is 35.5. The molecule has 1 amide bonds. The molecule has 1 aromatic rings. The molecule has 0 radical (unpaired) electrons. The van der Waals surface area contributed by atoms with Gasteiger partial charge in [0, 0.05) is 36.9 Å². The first kappa shape index (κ1) is 16.1. The molecule has 4 nitrogen and oxygen atoms in total. The summed E-state index contributed by atoms with van der Waals surface area (Å²) in [5.41, 5.74) is 6.97. The normalized spacial score (nSPS) is 17.8. The third-order valence-corrected chi connectivity index (χ3v) is 4.20. The molecule has 2 rings (SSSR count). The minimum atomic E-state index is -0.449. The Hall–Kier alpha value is -1.26. The van der Waals surface area contributed by atoms with Crippen LogP contribution in [0.5, 0.6) is 0 Å². The van der Waals surface area contributed by atoms with Gasteiger partial charge in [-0.1, -0.05) is 38.4 Å². The summed E-state index contributed by atoms with van der Waals surface area (Å²) in [6.07, 6.45) is 0. The van der Waals surface area contributed by atoms with Gasteiger partial charge in [0.1, 0.15) is 0 Å². The fraction of sp³-hybridized carbons (Fsp3) is 0.562. The molecule has 0 aliphatic carbocycles. The maximum atomic E-state index is 12.4.